The summed E-state index contributed by atoms with van der Waals surface area (Å²) in [6, 6.07) is 25.4. The van der Waals surface area contributed by atoms with E-state index in [1.165, 1.54) is 12.1 Å². The van der Waals surface area contributed by atoms with Crippen LogP contribution in [0.1, 0.15) is 23.1 Å². The summed E-state index contributed by atoms with van der Waals surface area (Å²) < 4.78 is 0. The van der Waals surface area contributed by atoms with Crippen LogP contribution in [0.3, 0.4) is 0 Å². The molecule has 26 heavy (non-hydrogen) atoms. The molecule has 3 aromatic rings. The lowest BCUT2D eigenvalue weighted by molar-refractivity contribution is -0.384. The first-order valence-corrected chi connectivity index (χ1v) is 8.34. The molecule has 4 rings (SSSR count). The Hall–Kier alpha value is -3.47. The van der Waals surface area contributed by atoms with Crippen LogP contribution in [0.2, 0.25) is 0 Å². The molecule has 0 aromatic heterocycles. The topological polar surface area (TPSA) is 63.4 Å². The normalized spacial score (nSPS) is 19.1. The van der Waals surface area contributed by atoms with Gasteiger partial charge in [-0.3, -0.25) is 14.9 Å². The number of β-lactam (4-membered cyclic amide) rings is 1. The van der Waals surface area contributed by atoms with E-state index in [4.69, 9.17) is 0 Å². The summed E-state index contributed by atoms with van der Waals surface area (Å²) in [4.78, 5) is 25.2. The third-order valence-electron chi connectivity index (χ3n) is 4.74. The number of hydrogen-bond donors (Lipinski definition) is 0. The Labute approximate surface area is 150 Å². The molecule has 0 radical (unpaired) electrons. The van der Waals surface area contributed by atoms with Crippen LogP contribution in [0, 0.1) is 10.1 Å². The van der Waals surface area contributed by atoms with Gasteiger partial charge in [0.15, 0.2) is 0 Å². The van der Waals surface area contributed by atoms with E-state index in [1.807, 2.05) is 60.7 Å². The van der Waals surface area contributed by atoms with Gasteiger partial charge < -0.3 is 4.90 Å². The molecule has 5 nitrogen and oxygen atoms in total. The number of para-hydroxylation sites is 1. The van der Waals surface area contributed by atoms with Crippen LogP contribution in [-0.2, 0) is 4.79 Å². The number of anilines is 1. The summed E-state index contributed by atoms with van der Waals surface area (Å²) in [7, 11) is 0. The Kier molecular flexibility index (Phi) is 3.97. The predicted octanol–water partition coefficient (Wildman–Crippen LogP) is 4.47. The van der Waals surface area contributed by atoms with Gasteiger partial charge in [0.2, 0.25) is 5.91 Å². The number of non-ortho nitro benzene ring substituents is 1. The largest absolute Gasteiger partial charge is 0.303 e. The summed E-state index contributed by atoms with van der Waals surface area (Å²) in [5.74, 6) is -0.261. The lowest BCUT2D eigenvalue weighted by Crippen LogP contribution is -2.53. The molecule has 1 aliphatic rings. The van der Waals surface area contributed by atoms with Crippen LogP contribution < -0.4 is 4.90 Å². The number of rotatable bonds is 4. The Morgan fingerprint density at radius 3 is 1.92 bits per heavy atom. The highest BCUT2D eigenvalue weighted by atomic mass is 16.6. The smallest absolute Gasteiger partial charge is 0.269 e. The average Bonchev–Trinajstić information content (AvgIpc) is 2.68. The molecule has 1 amide bonds. The Balaban J connectivity index is 1.76. The Bertz CT molecular complexity index is 891. The second-order valence-corrected chi connectivity index (χ2v) is 6.23. The van der Waals surface area contributed by atoms with Crippen molar-refractivity contribution in [3.63, 3.8) is 0 Å². The first-order chi connectivity index (χ1) is 12.7. The number of carbonyl (C=O) groups is 1. The second kappa shape index (κ2) is 6.44. The van der Waals surface area contributed by atoms with E-state index >= 15 is 0 Å². The highest BCUT2D eigenvalue weighted by Crippen LogP contribution is 2.48. The van der Waals surface area contributed by atoms with Crippen molar-refractivity contribution in [3.05, 3.63) is 106 Å². The molecule has 0 bridgehead atoms. The van der Waals surface area contributed by atoms with Gasteiger partial charge in [0.25, 0.3) is 5.69 Å². The predicted molar refractivity (Wildman–Crippen MR) is 98.9 cm³/mol. The van der Waals surface area contributed by atoms with Crippen LogP contribution in [0.25, 0.3) is 0 Å². The molecule has 2 atom stereocenters. The van der Waals surface area contributed by atoms with E-state index < -0.39 is 4.92 Å². The molecule has 3 aromatic carbocycles. The Morgan fingerprint density at radius 2 is 1.35 bits per heavy atom. The average molecular weight is 344 g/mol. The fourth-order valence-electron chi connectivity index (χ4n) is 3.49. The van der Waals surface area contributed by atoms with Crippen molar-refractivity contribution >= 4 is 17.3 Å². The van der Waals surface area contributed by atoms with Crippen LogP contribution in [0.4, 0.5) is 11.4 Å². The quantitative estimate of drug-likeness (QED) is 0.398. The molecular weight excluding hydrogens is 328 g/mol. The number of amides is 1. The Morgan fingerprint density at radius 1 is 0.769 bits per heavy atom. The minimum atomic E-state index is -0.417. The minimum Gasteiger partial charge on any atom is -0.303 e. The third-order valence-corrected chi connectivity index (χ3v) is 4.74. The van der Waals surface area contributed by atoms with E-state index in [0.717, 1.165) is 16.8 Å². The molecular formula is C21H16N2O3. The van der Waals surface area contributed by atoms with E-state index in [0.29, 0.717) is 0 Å². The summed E-state index contributed by atoms with van der Waals surface area (Å²) in [6.45, 7) is 0. The van der Waals surface area contributed by atoms with Crippen LogP contribution in [-0.4, -0.2) is 10.8 Å². The number of hydrogen-bond acceptors (Lipinski definition) is 3. The van der Waals surface area contributed by atoms with Gasteiger partial charge in [-0.2, -0.15) is 0 Å². The van der Waals surface area contributed by atoms with Gasteiger partial charge >= 0.3 is 0 Å². The fourth-order valence-corrected chi connectivity index (χ4v) is 3.49. The number of carbonyl (C=O) groups excluding carboxylic acids is 1. The van der Waals surface area contributed by atoms with E-state index in [-0.39, 0.29) is 23.6 Å². The lowest BCUT2D eigenvalue weighted by atomic mass is 9.77. The monoisotopic (exact) mass is 344 g/mol. The number of nitro benzene ring substituents is 1. The SMILES string of the molecule is O=C1[C@@H](c2ccccc2)[C@H](c2ccc([N+](=O)[O-])cc2)N1c1ccccc1. The van der Waals surface area contributed by atoms with E-state index in [9.17, 15) is 14.9 Å². The number of nitrogens with zero attached hydrogens (tertiary/aromatic N) is 2. The minimum absolute atomic E-state index is 0.0331. The van der Waals surface area contributed by atoms with Crippen LogP contribution >= 0.6 is 0 Å². The van der Waals surface area contributed by atoms with Crippen molar-refractivity contribution < 1.29 is 9.72 Å². The van der Waals surface area contributed by atoms with Crippen molar-refractivity contribution in [2.45, 2.75) is 12.0 Å². The second-order valence-electron chi connectivity index (χ2n) is 6.23. The maximum absolute atomic E-state index is 12.9. The van der Waals surface area contributed by atoms with Gasteiger partial charge in [-0.1, -0.05) is 60.7 Å². The molecule has 0 aliphatic carbocycles. The molecule has 1 saturated heterocycles. The van der Waals surface area contributed by atoms with Crippen molar-refractivity contribution in [2.24, 2.45) is 0 Å². The van der Waals surface area contributed by atoms with Gasteiger partial charge in [-0.25, -0.2) is 0 Å². The first kappa shape index (κ1) is 16.0. The van der Waals surface area contributed by atoms with Gasteiger partial charge in [-0.15, -0.1) is 0 Å². The van der Waals surface area contributed by atoms with E-state index in [1.54, 1.807) is 17.0 Å². The zero-order chi connectivity index (χ0) is 18.1. The lowest BCUT2D eigenvalue weighted by Gasteiger charge is -2.47. The van der Waals surface area contributed by atoms with Crippen molar-refractivity contribution in [2.75, 3.05) is 4.90 Å². The van der Waals surface area contributed by atoms with Crippen molar-refractivity contribution in [1.29, 1.82) is 0 Å². The van der Waals surface area contributed by atoms with Crippen LogP contribution in [0.5, 0.6) is 0 Å². The molecule has 0 N–H and O–H groups in total. The summed E-state index contributed by atoms with van der Waals surface area (Å²) >= 11 is 0. The molecule has 1 aliphatic heterocycles. The molecule has 128 valence electrons. The molecule has 0 spiro atoms. The maximum Gasteiger partial charge on any atom is 0.269 e. The zero-order valence-corrected chi connectivity index (χ0v) is 13.9. The summed E-state index contributed by atoms with van der Waals surface area (Å²) in [6.07, 6.45) is 0. The van der Waals surface area contributed by atoms with Gasteiger partial charge in [0, 0.05) is 17.8 Å². The number of benzene rings is 3. The van der Waals surface area contributed by atoms with Gasteiger partial charge in [0.05, 0.1) is 16.9 Å². The molecule has 0 saturated carbocycles. The molecule has 0 unspecified atom stereocenters. The maximum atomic E-state index is 12.9. The fraction of sp³-hybridized carbons (Fsp3) is 0.0952. The molecule has 1 fully saturated rings. The highest BCUT2D eigenvalue weighted by Gasteiger charge is 2.49. The zero-order valence-electron chi connectivity index (χ0n) is 13.9. The van der Waals surface area contributed by atoms with Gasteiger partial charge in [-0.05, 0) is 23.3 Å². The summed E-state index contributed by atoms with van der Waals surface area (Å²) in [5.41, 5.74) is 2.70. The van der Waals surface area contributed by atoms with Crippen LogP contribution in [0.15, 0.2) is 84.9 Å². The standard InChI is InChI=1S/C21H16N2O3/c24-21-19(15-7-3-1-4-8-15)20(22(21)17-9-5-2-6-10-17)16-11-13-18(14-12-16)23(25)26/h1-14,19-20H/t19-,20-/m0/s1. The van der Waals surface area contributed by atoms with Crippen molar-refractivity contribution in [3.8, 4) is 0 Å². The van der Waals surface area contributed by atoms with Gasteiger partial charge in [0.1, 0.15) is 0 Å². The first-order valence-electron chi connectivity index (χ1n) is 8.34. The molecule has 5 heteroatoms. The van der Waals surface area contributed by atoms with E-state index in [2.05, 4.69) is 0 Å². The number of nitro groups is 1. The third kappa shape index (κ3) is 2.63. The molecule has 1 heterocycles. The summed E-state index contributed by atoms with van der Waals surface area (Å²) in [5, 5.41) is 10.9. The highest BCUT2D eigenvalue weighted by molar-refractivity contribution is 6.06. The van der Waals surface area contributed by atoms with Crippen molar-refractivity contribution in [1.82, 2.24) is 0 Å².